The van der Waals surface area contributed by atoms with Crippen LogP contribution < -0.4 is 5.48 Å². The van der Waals surface area contributed by atoms with Crippen molar-refractivity contribution in [2.45, 2.75) is 12.5 Å². The van der Waals surface area contributed by atoms with E-state index in [0.717, 1.165) is 6.54 Å². The first-order valence-corrected chi connectivity index (χ1v) is 2.78. The number of hydroxylamine groups is 1. The number of esters is 1. The van der Waals surface area contributed by atoms with Crippen LogP contribution in [0, 0.1) is 0 Å². The Labute approximate surface area is 53.1 Å². The lowest BCUT2D eigenvalue weighted by Crippen LogP contribution is -2.45. The molecule has 1 unspecified atom stereocenters. The SMILES string of the molecule is COC(=O)CC1CNO1. The van der Waals surface area contributed by atoms with Gasteiger partial charge in [0.25, 0.3) is 0 Å². The summed E-state index contributed by atoms with van der Waals surface area (Å²) in [5.74, 6) is -0.221. The fourth-order valence-electron chi connectivity index (χ4n) is 0.584. The predicted molar refractivity (Wildman–Crippen MR) is 29.5 cm³/mol. The molecule has 0 aromatic carbocycles. The second-order valence-corrected chi connectivity index (χ2v) is 1.87. The molecule has 52 valence electrons. The van der Waals surface area contributed by atoms with Gasteiger partial charge < -0.3 is 4.74 Å². The molecule has 1 saturated heterocycles. The van der Waals surface area contributed by atoms with Crippen molar-refractivity contribution in [1.82, 2.24) is 5.48 Å². The minimum atomic E-state index is -0.221. The van der Waals surface area contributed by atoms with E-state index in [1.807, 2.05) is 0 Å². The Kier molecular flexibility index (Phi) is 2.02. The Morgan fingerprint density at radius 1 is 2.00 bits per heavy atom. The molecule has 0 spiro atoms. The van der Waals surface area contributed by atoms with E-state index in [4.69, 9.17) is 4.84 Å². The predicted octanol–water partition coefficient (Wildman–Crippen LogP) is -0.547. The summed E-state index contributed by atoms with van der Waals surface area (Å²) >= 11 is 0. The van der Waals surface area contributed by atoms with E-state index in [9.17, 15) is 4.79 Å². The first-order chi connectivity index (χ1) is 4.33. The number of ether oxygens (including phenoxy) is 1. The Hall–Kier alpha value is -0.610. The number of carbonyl (C=O) groups is 1. The molecule has 4 nitrogen and oxygen atoms in total. The van der Waals surface area contributed by atoms with Crippen molar-refractivity contribution < 1.29 is 14.4 Å². The molecule has 1 fully saturated rings. The van der Waals surface area contributed by atoms with Gasteiger partial charge in [-0.25, -0.2) is 0 Å². The van der Waals surface area contributed by atoms with Crippen LogP contribution >= 0.6 is 0 Å². The van der Waals surface area contributed by atoms with E-state index in [2.05, 4.69) is 10.2 Å². The molecule has 1 heterocycles. The van der Waals surface area contributed by atoms with Crippen molar-refractivity contribution >= 4 is 5.97 Å². The van der Waals surface area contributed by atoms with Crippen molar-refractivity contribution in [3.63, 3.8) is 0 Å². The largest absolute Gasteiger partial charge is 0.469 e. The van der Waals surface area contributed by atoms with Crippen LogP contribution in [-0.4, -0.2) is 25.7 Å². The highest BCUT2D eigenvalue weighted by molar-refractivity contribution is 5.69. The molecule has 0 radical (unpaired) electrons. The maximum absolute atomic E-state index is 10.5. The van der Waals surface area contributed by atoms with Crippen molar-refractivity contribution in [3.05, 3.63) is 0 Å². The topological polar surface area (TPSA) is 47.6 Å². The molecule has 0 aromatic heterocycles. The normalized spacial score (nSPS) is 24.8. The van der Waals surface area contributed by atoms with Gasteiger partial charge in [-0.05, 0) is 0 Å². The molecule has 0 amide bonds. The fourth-order valence-corrected chi connectivity index (χ4v) is 0.584. The summed E-state index contributed by atoms with van der Waals surface area (Å²) in [5.41, 5.74) is 2.58. The maximum Gasteiger partial charge on any atom is 0.308 e. The van der Waals surface area contributed by atoms with Gasteiger partial charge >= 0.3 is 5.97 Å². The molecule has 1 aliphatic rings. The second kappa shape index (κ2) is 2.80. The highest BCUT2D eigenvalue weighted by Crippen LogP contribution is 2.03. The zero-order valence-corrected chi connectivity index (χ0v) is 5.22. The molecule has 0 aromatic rings. The average molecular weight is 131 g/mol. The smallest absolute Gasteiger partial charge is 0.308 e. The number of rotatable bonds is 2. The number of hydrogen-bond acceptors (Lipinski definition) is 4. The number of nitrogens with one attached hydrogen (secondary N) is 1. The molecule has 0 aliphatic carbocycles. The van der Waals surface area contributed by atoms with E-state index in [-0.39, 0.29) is 12.1 Å². The molecular formula is C5H9NO3. The zero-order chi connectivity index (χ0) is 6.69. The highest BCUT2D eigenvalue weighted by atomic mass is 16.7. The van der Waals surface area contributed by atoms with Gasteiger partial charge in [-0.15, -0.1) is 0 Å². The Morgan fingerprint density at radius 2 is 2.67 bits per heavy atom. The molecule has 1 rings (SSSR count). The van der Waals surface area contributed by atoms with Gasteiger partial charge in [0.05, 0.1) is 13.5 Å². The first-order valence-electron chi connectivity index (χ1n) is 2.78. The van der Waals surface area contributed by atoms with E-state index in [1.54, 1.807) is 0 Å². The molecule has 1 atom stereocenters. The molecular weight excluding hydrogens is 122 g/mol. The van der Waals surface area contributed by atoms with Gasteiger partial charge in [-0.2, -0.15) is 5.48 Å². The van der Waals surface area contributed by atoms with Crippen LogP contribution in [0.15, 0.2) is 0 Å². The molecule has 1 N–H and O–H groups in total. The van der Waals surface area contributed by atoms with Crippen molar-refractivity contribution in [1.29, 1.82) is 0 Å². The summed E-state index contributed by atoms with van der Waals surface area (Å²) in [5, 5.41) is 0. The van der Waals surface area contributed by atoms with Gasteiger partial charge in [0.1, 0.15) is 6.10 Å². The Morgan fingerprint density at radius 3 is 3.00 bits per heavy atom. The van der Waals surface area contributed by atoms with Gasteiger partial charge in [-0.3, -0.25) is 9.63 Å². The Bertz CT molecular complexity index is 111. The van der Waals surface area contributed by atoms with Crippen LogP contribution in [0.25, 0.3) is 0 Å². The van der Waals surface area contributed by atoms with Crippen LogP contribution in [0.1, 0.15) is 6.42 Å². The third-order valence-electron chi connectivity index (χ3n) is 1.18. The number of carbonyl (C=O) groups excluding carboxylic acids is 1. The molecule has 1 aliphatic heterocycles. The van der Waals surface area contributed by atoms with E-state index in [0.29, 0.717) is 6.42 Å². The van der Waals surface area contributed by atoms with Gasteiger partial charge in [0.2, 0.25) is 0 Å². The van der Waals surface area contributed by atoms with Crippen LogP contribution in [0.5, 0.6) is 0 Å². The summed E-state index contributed by atoms with van der Waals surface area (Å²) in [4.78, 5) is 15.2. The fraction of sp³-hybridized carbons (Fsp3) is 0.800. The standard InChI is InChI=1S/C5H9NO3/c1-8-5(7)2-4-3-6-9-4/h4,6H,2-3H2,1H3. The van der Waals surface area contributed by atoms with Gasteiger partial charge in [-0.1, -0.05) is 0 Å². The third-order valence-corrected chi connectivity index (χ3v) is 1.18. The molecule has 0 saturated carbocycles. The van der Waals surface area contributed by atoms with Gasteiger partial charge in [0.15, 0.2) is 0 Å². The van der Waals surface area contributed by atoms with E-state index >= 15 is 0 Å². The van der Waals surface area contributed by atoms with Crippen molar-refractivity contribution in [2.24, 2.45) is 0 Å². The molecule has 4 heteroatoms. The summed E-state index contributed by atoms with van der Waals surface area (Å²) < 4.78 is 4.41. The van der Waals surface area contributed by atoms with E-state index in [1.165, 1.54) is 7.11 Å². The summed E-state index contributed by atoms with van der Waals surface area (Å²) in [6.07, 6.45) is 0.376. The van der Waals surface area contributed by atoms with Crippen molar-refractivity contribution in [2.75, 3.05) is 13.7 Å². The van der Waals surface area contributed by atoms with E-state index < -0.39 is 0 Å². The van der Waals surface area contributed by atoms with Crippen LogP contribution in [0.2, 0.25) is 0 Å². The minimum absolute atomic E-state index is 0.0254. The summed E-state index contributed by atoms with van der Waals surface area (Å²) in [7, 11) is 1.37. The first kappa shape index (κ1) is 6.51. The second-order valence-electron chi connectivity index (χ2n) is 1.87. The van der Waals surface area contributed by atoms with Crippen LogP contribution in [0.3, 0.4) is 0 Å². The highest BCUT2D eigenvalue weighted by Gasteiger charge is 2.21. The quantitative estimate of drug-likeness (QED) is 0.511. The third kappa shape index (κ3) is 1.65. The monoisotopic (exact) mass is 131 g/mol. The van der Waals surface area contributed by atoms with Crippen LogP contribution in [-0.2, 0) is 14.4 Å². The maximum atomic E-state index is 10.5. The summed E-state index contributed by atoms with van der Waals surface area (Å²) in [6, 6.07) is 0. The number of methoxy groups -OCH3 is 1. The average Bonchev–Trinajstić information content (AvgIpc) is 1.78. The lowest BCUT2D eigenvalue weighted by Gasteiger charge is -2.25. The minimum Gasteiger partial charge on any atom is -0.469 e. The van der Waals surface area contributed by atoms with Crippen LogP contribution in [0.4, 0.5) is 0 Å². The number of hydrogen-bond donors (Lipinski definition) is 1. The molecule has 0 bridgehead atoms. The summed E-state index contributed by atoms with van der Waals surface area (Å²) in [6.45, 7) is 0.745. The lowest BCUT2D eigenvalue weighted by atomic mass is 10.2. The Balaban J connectivity index is 2.09. The van der Waals surface area contributed by atoms with Crippen molar-refractivity contribution in [3.8, 4) is 0 Å². The molecule has 9 heavy (non-hydrogen) atoms. The zero-order valence-electron chi connectivity index (χ0n) is 5.22. The lowest BCUT2D eigenvalue weighted by molar-refractivity contribution is -0.159. The van der Waals surface area contributed by atoms with Gasteiger partial charge in [0, 0.05) is 6.54 Å².